The lowest BCUT2D eigenvalue weighted by Crippen LogP contribution is -2.15. The van der Waals surface area contributed by atoms with Crippen LogP contribution >= 0.6 is 0 Å². The Kier molecular flexibility index (Phi) is 3.76. The van der Waals surface area contributed by atoms with E-state index in [0.717, 1.165) is 6.07 Å². The van der Waals surface area contributed by atoms with Gasteiger partial charge in [-0.2, -0.15) is 0 Å². The number of sulfonamides is 1. The standard InChI is InChI=1S/C14H13NO4S/c1-10-7-8-11(14(16)17)9-13(10)20(18,19)15-12-5-3-2-4-6-12/h2-9,15H,1H3,(H,16,17). The van der Waals surface area contributed by atoms with E-state index in [4.69, 9.17) is 5.11 Å². The molecular weight excluding hydrogens is 278 g/mol. The maximum absolute atomic E-state index is 12.3. The van der Waals surface area contributed by atoms with Crippen molar-refractivity contribution in [2.45, 2.75) is 11.8 Å². The zero-order valence-corrected chi connectivity index (χ0v) is 11.5. The number of rotatable bonds is 4. The van der Waals surface area contributed by atoms with Gasteiger partial charge in [0, 0.05) is 5.69 Å². The first-order chi connectivity index (χ1) is 9.40. The molecule has 0 aliphatic heterocycles. The third-order valence-corrected chi connectivity index (χ3v) is 4.27. The van der Waals surface area contributed by atoms with Crippen molar-refractivity contribution < 1.29 is 18.3 Å². The number of carbonyl (C=O) groups is 1. The Morgan fingerprint density at radius 3 is 2.35 bits per heavy atom. The smallest absolute Gasteiger partial charge is 0.335 e. The number of aromatic carboxylic acids is 1. The molecule has 0 radical (unpaired) electrons. The van der Waals surface area contributed by atoms with Crippen molar-refractivity contribution in [3.63, 3.8) is 0 Å². The molecule has 0 aromatic heterocycles. The average molecular weight is 291 g/mol. The Balaban J connectivity index is 2.44. The summed E-state index contributed by atoms with van der Waals surface area (Å²) in [6.07, 6.45) is 0. The molecule has 5 nitrogen and oxygen atoms in total. The first kappa shape index (κ1) is 14.1. The Morgan fingerprint density at radius 2 is 1.75 bits per heavy atom. The SMILES string of the molecule is Cc1ccc(C(=O)O)cc1S(=O)(=O)Nc1ccccc1. The van der Waals surface area contributed by atoms with Crippen LogP contribution in [0.4, 0.5) is 5.69 Å². The van der Waals surface area contributed by atoms with Crippen LogP contribution in [0.25, 0.3) is 0 Å². The zero-order valence-electron chi connectivity index (χ0n) is 10.7. The molecule has 0 saturated heterocycles. The first-order valence-corrected chi connectivity index (χ1v) is 7.30. The van der Waals surface area contributed by atoms with Crippen molar-refractivity contribution in [2.24, 2.45) is 0 Å². The molecule has 0 spiro atoms. The summed E-state index contributed by atoms with van der Waals surface area (Å²) in [5.41, 5.74) is 0.843. The molecule has 104 valence electrons. The van der Waals surface area contributed by atoms with Gasteiger partial charge in [0.15, 0.2) is 0 Å². The zero-order chi connectivity index (χ0) is 14.8. The predicted molar refractivity (Wildman–Crippen MR) is 75.4 cm³/mol. The van der Waals surface area contributed by atoms with Gasteiger partial charge in [-0.3, -0.25) is 4.72 Å². The van der Waals surface area contributed by atoms with Gasteiger partial charge in [-0.25, -0.2) is 13.2 Å². The first-order valence-electron chi connectivity index (χ1n) is 5.82. The molecule has 2 rings (SSSR count). The summed E-state index contributed by atoms with van der Waals surface area (Å²) in [6, 6.07) is 12.4. The summed E-state index contributed by atoms with van der Waals surface area (Å²) < 4.78 is 27.0. The molecule has 0 fully saturated rings. The second-order valence-electron chi connectivity index (χ2n) is 4.26. The van der Waals surface area contributed by atoms with Gasteiger partial charge in [0.1, 0.15) is 0 Å². The van der Waals surface area contributed by atoms with Crippen LogP contribution < -0.4 is 4.72 Å². The fourth-order valence-electron chi connectivity index (χ4n) is 1.74. The topological polar surface area (TPSA) is 83.5 Å². The van der Waals surface area contributed by atoms with Crippen LogP contribution in [0.1, 0.15) is 15.9 Å². The van der Waals surface area contributed by atoms with E-state index in [0.29, 0.717) is 11.3 Å². The largest absolute Gasteiger partial charge is 0.478 e. The molecule has 0 aliphatic rings. The highest BCUT2D eigenvalue weighted by Gasteiger charge is 2.19. The summed E-state index contributed by atoms with van der Waals surface area (Å²) in [7, 11) is -3.81. The van der Waals surface area contributed by atoms with Crippen molar-refractivity contribution in [2.75, 3.05) is 4.72 Å². The number of aryl methyl sites for hydroxylation is 1. The van der Waals surface area contributed by atoms with Crippen LogP contribution in [0.3, 0.4) is 0 Å². The summed E-state index contributed by atoms with van der Waals surface area (Å²) in [6.45, 7) is 1.62. The Morgan fingerprint density at radius 1 is 1.10 bits per heavy atom. The highest BCUT2D eigenvalue weighted by atomic mass is 32.2. The molecule has 0 heterocycles. The van der Waals surface area contributed by atoms with E-state index < -0.39 is 16.0 Å². The van der Waals surface area contributed by atoms with Crippen LogP contribution in [-0.4, -0.2) is 19.5 Å². The number of para-hydroxylation sites is 1. The van der Waals surface area contributed by atoms with Gasteiger partial charge >= 0.3 is 5.97 Å². The molecule has 6 heteroatoms. The monoisotopic (exact) mass is 291 g/mol. The van der Waals surface area contributed by atoms with Crippen LogP contribution in [0.15, 0.2) is 53.4 Å². The van der Waals surface area contributed by atoms with E-state index in [1.54, 1.807) is 37.3 Å². The van der Waals surface area contributed by atoms with Gasteiger partial charge in [0.05, 0.1) is 10.5 Å². The molecule has 2 N–H and O–H groups in total. The number of benzene rings is 2. The van der Waals surface area contributed by atoms with Crippen molar-refractivity contribution in [3.8, 4) is 0 Å². The molecule has 0 unspecified atom stereocenters. The minimum Gasteiger partial charge on any atom is -0.478 e. The fourth-order valence-corrected chi connectivity index (χ4v) is 3.07. The van der Waals surface area contributed by atoms with E-state index in [9.17, 15) is 13.2 Å². The Labute approximate surface area is 116 Å². The van der Waals surface area contributed by atoms with E-state index in [1.165, 1.54) is 12.1 Å². The van der Waals surface area contributed by atoms with Crippen LogP contribution in [0, 0.1) is 6.92 Å². The molecule has 2 aromatic rings. The van der Waals surface area contributed by atoms with Crippen LogP contribution in [0.5, 0.6) is 0 Å². The minimum absolute atomic E-state index is 0.0405. The van der Waals surface area contributed by atoms with E-state index in [-0.39, 0.29) is 10.5 Å². The maximum Gasteiger partial charge on any atom is 0.335 e. The number of nitrogens with one attached hydrogen (secondary N) is 1. The maximum atomic E-state index is 12.3. The van der Waals surface area contributed by atoms with Gasteiger partial charge < -0.3 is 5.11 Å². The lowest BCUT2D eigenvalue weighted by atomic mass is 10.1. The van der Waals surface area contributed by atoms with Gasteiger partial charge in [-0.1, -0.05) is 24.3 Å². The predicted octanol–water partition coefficient (Wildman–Crippen LogP) is 2.49. The second-order valence-corrected chi connectivity index (χ2v) is 5.91. The molecule has 0 amide bonds. The lowest BCUT2D eigenvalue weighted by Gasteiger charge is -2.11. The Bertz CT molecular complexity index is 739. The quantitative estimate of drug-likeness (QED) is 0.906. The third kappa shape index (κ3) is 2.97. The number of anilines is 1. The summed E-state index contributed by atoms with van der Waals surface area (Å²) in [5, 5.41) is 8.94. The van der Waals surface area contributed by atoms with E-state index in [1.807, 2.05) is 0 Å². The van der Waals surface area contributed by atoms with Crippen molar-refractivity contribution in [3.05, 3.63) is 59.7 Å². The normalized spacial score (nSPS) is 11.1. The fraction of sp³-hybridized carbons (Fsp3) is 0.0714. The highest BCUT2D eigenvalue weighted by molar-refractivity contribution is 7.92. The molecule has 20 heavy (non-hydrogen) atoms. The number of carboxylic acids is 1. The minimum atomic E-state index is -3.81. The van der Waals surface area contributed by atoms with Gasteiger partial charge in [-0.05, 0) is 36.8 Å². The van der Waals surface area contributed by atoms with Gasteiger partial charge in [0.25, 0.3) is 10.0 Å². The van der Waals surface area contributed by atoms with E-state index in [2.05, 4.69) is 4.72 Å². The summed E-state index contributed by atoms with van der Waals surface area (Å²) >= 11 is 0. The molecule has 0 bridgehead atoms. The highest BCUT2D eigenvalue weighted by Crippen LogP contribution is 2.20. The van der Waals surface area contributed by atoms with Gasteiger partial charge in [-0.15, -0.1) is 0 Å². The lowest BCUT2D eigenvalue weighted by molar-refractivity contribution is 0.0696. The molecule has 0 aliphatic carbocycles. The van der Waals surface area contributed by atoms with Gasteiger partial charge in [0.2, 0.25) is 0 Å². The number of carboxylic acid groups (broad SMARTS) is 1. The van der Waals surface area contributed by atoms with E-state index >= 15 is 0 Å². The second kappa shape index (κ2) is 5.34. The number of hydrogen-bond acceptors (Lipinski definition) is 3. The molecule has 2 aromatic carbocycles. The summed E-state index contributed by atoms with van der Waals surface area (Å²) in [5.74, 6) is -1.17. The molecule has 0 saturated carbocycles. The molecule has 0 atom stereocenters. The number of hydrogen-bond donors (Lipinski definition) is 2. The van der Waals surface area contributed by atoms with Crippen LogP contribution in [-0.2, 0) is 10.0 Å². The third-order valence-electron chi connectivity index (χ3n) is 2.75. The average Bonchev–Trinajstić information content (AvgIpc) is 2.39. The van der Waals surface area contributed by atoms with Crippen molar-refractivity contribution >= 4 is 21.7 Å². The Hall–Kier alpha value is -2.34. The molecular formula is C14H13NO4S. The van der Waals surface area contributed by atoms with Crippen molar-refractivity contribution in [1.82, 2.24) is 0 Å². The summed E-state index contributed by atoms with van der Waals surface area (Å²) in [4.78, 5) is 10.9. The van der Waals surface area contributed by atoms with Crippen LogP contribution in [0.2, 0.25) is 0 Å². The van der Waals surface area contributed by atoms with Crippen molar-refractivity contribution in [1.29, 1.82) is 0 Å².